The molecule has 0 bridgehead atoms. The van der Waals surface area contributed by atoms with E-state index in [4.69, 9.17) is 5.11 Å². The summed E-state index contributed by atoms with van der Waals surface area (Å²) in [5.74, 6) is -1.40. The standard InChI is InChI=1S/C16H19N3O4/c1-10(2)19(9-15(21)22)14(20)8-13-11-6-4-5-7-12(11)16(23)18(3)17-13/h4-7,10H,8-9H2,1-3H3,(H,21,22). The molecule has 0 unspecified atom stereocenters. The van der Waals surface area contributed by atoms with Crippen LogP contribution in [-0.4, -0.2) is 44.3 Å². The summed E-state index contributed by atoms with van der Waals surface area (Å²) in [6.07, 6.45) is -0.0555. The molecule has 0 aliphatic carbocycles. The van der Waals surface area contributed by atoms with Gasteiger partial charge in [0.1, 0.15) is 6.54 Å². The molecule has 0 spiro atoms. The number of carboxylic acid groups (broad SMARTS) is 1. The van der Waals surface area contributed by atoms with Crippen molar-refractivity contribution in [2.24, 2.45) is 7.05 Å². The molecule has 0 atom stereocenters. The zero-order chi connectivity index (χ0) is 17.1. The van der Waals surface area contributed by atoms with Gasteiger partial charge in [0, 0.05) is 18.5 Å². The van der Waals surface area contributed by atoms with Crippen LogP contribution < -0.4 is 5.56 Å². The molecule has 1 amide bonds. The molecule has 0 saturated heterocycles. The zero-order valence-electron chi connectivity index (χ0n) is 13.3. The highest BCUT2D eigenvalue weighted by Crippen LogP contribution is 2.15. The van der Waals surface area contributed by atoms with Crippen LogP contribution in [0.4, 0.5) is 0 Å². The molecular weight excluding hydrogens is 298 g/mol. The normalized spacial score (nSPS) is 11.0. The highest BCUT2D eigenvalue weighted by Gasteiger charge is 2.22. The molecule has 1 aromatic carbocycles. The molecule has 2 aromatic rings. The van der Waals surface area contributed by atoms with Crippen molar-refractivity contribution >= 4 is 22.6 Å². The Labute approximate surface area is 133 Å². The number of aromatic nitrogens is 2. The Morgan fingerprint density at radius 1 is 1.26 bits per heavy atom. The smallest absolute Gasteiger partial charge is 0.323 e. The van der Waals surface area contributed by atoms with Crippen molar-refractivity contribution in [3.05, 3.63) is 40.3 Å². The molecule has 0 saturated carbocycles. The van der Waals surface area contributed by atoms with Crippen LogP contribution in [0, 0.1) is 0 Å². The quantitative estimate of drug-likeness (QED) is 0.880. The molecular formula is C16H19N3O4. The van der Waals surface area contributed by atoms with Crippen molar-refractivity contribution in [3.63, 3.8) is 0 Å². The van der Waals surface area contributed by atoms with Gasteiger partial charge in [-0.1, -0.05) is 18.2 Å². The van der Waals surface area contributed by atoms with E-state index < -0.39 is 5.97 Å². The maximum atomic E-state index is 12.5. The van der Waals surface area contributed by atoms with Gasteiger partial charge in [-0.3, -0.25) is 14.4 Å². The summed E-state index contributed by atoms with van der Waals surface area (Å²) in [6.45, 7) is 3.15. The van der Waals surface area contributed by atoms with Crippen LogP contribution in [-0.2, 0) is 23.1 Å². The number of rotatable bonds is 5. The van der Waals surface area contributed by atoms with E-state index in [1.165, 1.54) is 16.6 Å². The maximum Gasteiger partial charge on any atom is 0.323 e. The topological polar surface area (TPSA) is 92.5 Å². The van der Waals surface area contributed by atoms with Crippen LogP contribution in [0.1, 0.15) is 19.5 Å². The molecule has 0 radical (unpaired) electrons. The number of aryl methyl sites for hydroxylation is 1. The van der Waals surface area contributed by atoms with E-state index in [1.54, 1.807) is 38.1 Å². The molecule has 0 aliphatic heterocycles. The number of fused-ring (bicyclic) bond motifs is 1. The lowest BCUT2D eigenvalue weighted by Gasteiger charge is -2.25. The van der Waals surface area contributed by atoms with Gasteiger partial charge < -0.3 is 10.0 Å². The monoisotopic (exact) mass is 317 g/mol. The number of carbonyl (C=O) groups excluding carboxylic acids is 1. The van der Waals surface area contributed by atoms with Gasteiger partial charge in [-0.2, -0.15) is 5.10 Å². The number of benzene rings is 1. The fourth-order valence-electron chi connectivity index (χ4n) is 2.46. The lowest BCUT2D eigenvalue weighted by Crippen LogP contribution is -2.41. The van der Waals surface area contributed by atoms with Gasteiger partial charge in [0.2, 0.25) is 5.91 Å². The van der Waals surface area contributed by atoms with Crippen LogP contribution in [0.5, 0.6) is 0 Å². The predicted molar refractivity (Wildman–Crippen MR) is 85.2 cm³/mol. The SMILES string of the molecule is CC(C)N(CC(=O)O)C(=O)Cc1nn(C)c(=O)c2ccccc12. The third kappa shape index (κ3) is 3.56. The zero-order valence-corrected chi connectivity index (χ0v) is 13.3. The van der Waals surface area contributed by atoms with E-state index in [0.29, 0.717) is 16.5 Å². The Morgan fingerprint density at radius 3 is 2.43 bits per heavy atom. The number of amides is 1. The number of carboxylic acids is 1. The minimum atomic E-state index is -1.06. The van der Waals surface area contributed by atoms with E-state index >= 15 is 0 Å². The lowest BCUT2D eigenvalue weighted by atomic mass is 10.1. The van der Waals surface area contributed by atoms with Gasteiger partial charge in [-0.25, -0.2) is 4.68 Å². The van der Waals surface area contributed by atoms with Gasteiger partial charge in [-0.05, 0) is 19.9 Å². The third-order valence-electron chi connectivity index (χ3n) is 3.60. The third-order valence-corrected chi connectivity index (χ3v) is 3.60. The second kappa shape index (κ2) is 6.60. The van der Waals surface area contributed by atoms with Gasteiger partial charge >= 0.3 is 5.97 Å². The number of hydrogen-bond acceptors (Lipinski definition) is 4. The molecule has 7 heteroatoms. The predicted octanol–water partition coefficient (Wildman–Crippen LogP) is 0.798. The summed E-state index contributed by atoms with van der Waals surface area (Å²) in [7, 11) is 1.53. The summed E-state index contributed by atoms with van der Waals surface area (Å²) >= 11 is 0. The van der Waals surface area contributed by atoms with Crippen molar-refractivity contribution in [2.45, 2.75) is 26.3 Å². The molecule has 1 aromatic heterocycles. The fraction of sp³-hybridized carbons (Fsp3) is 0.375. The number of nitrogens with zero attached hydrogens (tertiary/aromatic N) is 3. The second-order valence-corrected chi connectivity index (χ2v) is 5.61. The Bertz CT molecular complexity index is 811. The molecule has 0 aliphatic rings. The second-order valence-electron chi connectivity index (χ2n) is 5.61. The number of carbonyl (C=O) groups is 2. The van der Waals surface area contributed by atoms with E-state index in [1.807, 2.05) is 0 Å². The van der Waals surface area contributed by atoms with Gasteiger partial charge in [0.15, 0.2) is 0 Å². The Hall–Kier alpha value is -2.70. The molecule has 1 N–H and O–H groups in total. The molecule has 1 heterocycles. The largest absolute Gasteiger partial charge is 0.480 e. The van der Waals surface area contributed by atoms with Crippen LogP contribution in [0.2, 0.25) is 0 Å². The fourth-order valence-corrected chi connectivity index (χ4v) is 2.46. The van der Waals surface area contributed by atoms with Crippen molar-refractivity contribution in [2.75, 3.05) is 6.54 Å². The molecule has 0 fully saturated rings. The van der Waals surface area contributed by atoms with Gasteiger partial charge in [0.05, 0.1) is 17.5 Å². The first-order chi connectivity index (χ1) is 10.8. The first-order valence-electron chi connectivity index (χ1n) is 7.27. The Balaban J connectivity index is 2.41. The first-order valence-corrected chi connectivity index (χ1v) is 7.27. The summed E-state index contributed by atoms with van der Waals surface area (Å²) < 4.78 is 1.20. The lowest BCUT2D eigenvalue weighted by molar-refractivity contribution is -0.145. The minimum absolute atomic E-state index is 0.0555. The van der Waals surface area contributed by atoms with Crippen molar-refractivity contribution in [1.82, 2.24) is 14.7 Å². The van der Waals surface area contributed by atoms with Crippen molar-refractivity contribution in [1.29, 1.82) is 0 Å². The van der Waals surface area contributed by atoms with Crippen molar-refractivity contribution < 1.29 is 14.7 Å². The summed E-state index contributed by atoms with van der Waals surface area (Å²) in [5, 5.41) is 14.2. The summed E-state index contributed by atoms with van der Waals surface area (Å²) in [4.78, 5) is 36.8. The van der Waals surface area contributed by atoms with Crippen LogP contribution >= 0.6 is 0 Å². The first kappa shape index (κ1) is 16.7. The molecule has 122 valence electrons. The highest BCUT2D eigenvalue weighted by molar-refractivity contribution is 5.89. The minimum Gasteiger partial charge on any atom is -0.480 e. The van der Waals surface area contributed by atoms with Crippen LogP contribution in [0.3, 0.4) is 0 Å². The van der Waals surface area contributed by atoms with Gasteiger partial charge in [-0.15, -0.1) is 0 Å². The average Bonchev–Trinajstić information content (AvgIpc) is 2.49. The number of aliphatic carboxylic acids is 1. The van der Waals surface area contributed by atoms with E-state index in [9.17, 15) is 14.4 Å². The van der Waals surface area contributed by atoms with Crippen LogP contribution in [0.25, 0.3) is 10.8 Å². The summed E-state index contributed by atoms with van der Waals surface area (Å²) in [6, 6.07) is 6.71. The summed E-state index contributed by atoms with van der Waals surface area (Å²) in [5.41, 5.74) is 0.229. The molecule has 7 nitrogen and oxygen atoms in total. The van der Waals surface area contributed by atoms with E-state index in [0.717, 1.165) is 0 Å². The van der Waals surface area contributed by atoms with E-state index in [-0.39, 0.29) is 30.5 Å². The Kier molecular flexibility index (Phi) is 4.78. The Morgan fingerprint density at radius 2 is 1.87 bits per heavy atom. The average molecular weight is 317 g/mol. The molecule has 23 heavy (non-hydrogen) atoms. The number of hydrogen-bond donors (Lipinski definition) is 1. The van der Waals surface area contributed by atoms with Crippen molar-refractivity contribution in [3.8, 4) is 0 Å². The molecule has 2 rings (SSSR count). The van der Waals surface area contributed by atoms with Crippen LogP contribution in [0.15, 0.2) is 29.1 Å². The van der Waals surface area contributed by atoms with Gasteiger partial charge in [0.25, 0.3) is 5.56 Å². The van der Waals surface area contributed by atoms with E-state index in [2.05, 4.69) is 5.10 Å². The maximum absolute atomic E-state index is 12.5. The highest BCUT2D eigenvalue weighted by atomic mass is 16.4.